The number of likely N-dealkylation sites (tertiary alicyclic amines) is 1. The predicted octanol–water partition coefficient (Wildman–Crippen LogP) is 4.25. The highest BCUT2D eigenvalue weighted by Gasteiger charge is 2.35. The number of hydrogen-bond acceptors (Lipinski definition) is 9. The average Bonchev–Trinajstić information content (AvgIpc) is 3.41. The Bertz CT molecular complexity index is 2070. The number of piperidine rings is 1. The number of carbonyl (C=O) groups excluding carboxylic acids is 1. The smallest absolute Gasteiger partial charge is 0.334 e. The normalized spacial score (nSPS) is 19.5. The van der Waals surface area contributed by atoms with Gasteiger partial charge in [-0.2, -0.15) is 9.65 Å². The Balaban J connectivity index is 1.12. The van der Waals surface area contributed by atoms with Gasteiger partial charge in [0.2, 0.25) is 5.82 Å². The Morgan fingerprint density at radius 3 is 2.49 bits per heavy atom. The second-order valence-electron chi connectivity index (χ2n) is 13.8. The van der Waals surface area contributed by atoms with Gasteiger partial charge >= 0.3 is 5.69 Å². The van der Waals surface area contributed by atoms with E-state index in [4.69, 9.17) is 15.2 Å². The van der Waals surface area contributed by atoms with Gasteiger partial charge in [-0.15, -0.1) is 0 Å². The molecule has 2 N–H and O–H groups in total. The average molecular weight is 699 g/mol. The highest BCUT2D eigenvalue weighted by atomic mass is 19.2. The summed E-state index contributed by atoms with van der Waals surface area (Å²) in [6, 6.07) is 14.0. The number of hydrogen-bond donors (Lipinski definition) is 1. The topological polar surface area (TPSA) is 135 Å². The maximum absolute atomic E-state index is 14.3. The first-order valence-electron chi connectivity index (χ1n) is 17.1. The molecule has 51 heavy (non-hydrogen) atoms. The number of anilines is 1. The van der Waals surface area contributed by atoms with E-state index in [-0.39, 0.29) is 41.0 Å². The molecule has 0 bridgehead atoms. The molecule has 2 aromatic heterocycles. The van der Waals surface area contributed by atoms with Crippen molar-refractivity contribution in [2.75, 3.05) is 58.2 Å². The zero-order valence-electron chi connectivity index (χ0n) is 28.6. The number of ether oxygens (including phenoxy) is 2. The number of carbonyl (C=O) groups is 1. The summed E-state index contributed by atoms with van der Waals surface area (Å²) in [4.78, 5) is 38.8. The van der Waals surface area contributed by atoms with Gasteiger partial charge in [0.15, 0.2) is 11.6 Å². The van der Waals surface area contributed by atoms with E-state index >= 15 is 0 Å². The lowest BCUT2D eigenvalue weighted by molar-refractivity contribution is -0.128. The van der Waals surface area contributed by atoms with Crippen molar-refractivity contribution >= 4 is 22.8 Å². The molecule has 0 saturated carbocycles. The van der Waals surface area contributed by atoms with Crippen LogP contribution in [0.25, 0.3) is 16.7 Å². The number of piperazine rings is 1. The quantitative estimate of drug-likeness (QED) is 0.212. The van der Waals surface area contributed by atoms with E-state index in [0.717, 1.165) is 45.5 Å². The Hall–Kier alpha value is -5.10. The third kappa shape index (κ3) is 6.60. The molecule has 3 saturated heterocycles. The second-order valence-corrected chi connectivity index (χ2v) is 13.8. The van der Waals surface area contributed by atoms with E-state index in [1.165, 1.54) is 22.9 Å². The first-order valence-corrected chi connectivity index (χ1v) is 17.1. The zero-order valence-corrected chi connectivity index (χ0v) is 28.6. The number of nitrogens with zero attached hydrogens (tertiary/aromatic N) is 7. The Morgan fingerprint density at radius 2 is 1.80 bits per heavy atom. The minimum atomic E-state index is -1.10. The molecule has 0 spiro atoms. The summed E-state index contributed by atoms with van der Waals surface area (Å²) in [5, 5.41) is 10.2. The monoisotopic (exact) mass is 698 g/mol. The van der Waals surface area contributed by atoms with Crippen molar-refractivity contribution in [1.82, 2.24) is 28.8 Å². The number of aromatic nitrogens is 3. The Morgan fingerprint density at radius 1 is 1.06 bits per heavy atom. The van der Waals surface area contributed by atoms with E-state index in [1.54, 1.807) is 45.9 Å². The number of halogens is 2. The number of nitrogens with two attached hydrogens (primary N) is 1. The number of rotatable bonds is 8. The fraction of sp³-hybridized carbons (Fsp3) is 0.405. The van der Waals surface area contributed by atoms with Crippen LogP contribution in [-0.4, -0.2) is 98.8 Å². The molecule has 3 aliphatic rings. The van der Waals surface area contributed by atoms with Crippen LogP contribution in [0.4, 0.5) is 14.6 Å². The van der Waals surface area contributed by atoms with E-state index in [1.807, 2.05) is 13.8 Å². The zero-order chi connectivity index (χ0) is 35.9. The number of nitrogen functional groups attached to an aromatic ring is 1. The SMILES string of the molecule is CC(C)(C=C(C#N)C(=O)N1CCC[C@@H](n2c(=O)n(-c3ccc(Oc4cccc(F)c4F)cc3)c3c(N)nccc32)C1)N1CCN(C2COC2)CC1. The van der Waals surface area contributed by atoms with Gasteiger partial charge < -0.3 is 20.1 Å². The van der Waals surface area contributed by atoms with Crippen molar-refractivity contribution in [3.63, 3.8) is 0 Å². The van der Waals surface area contributed by atoms with Crippen LogP contribution in [-0.2, 0) is 9.53 Å². The number of imidazole rings is 1. The van der Waals surface area contributed by atoms with Crippen LogP contribution in [0.3, 0.4) is 0 Å². The van der Waals surface area contributed by atoms with E-state index in [2.05, 4.69) is 20.9 Å². The van der Waals surface area contributed by atoms with Gasteiger partial charge in [0.1, 0.15) is 28.7 Å². The molecule has 0 aliphatic carbocycles. The Labute approximate surface area is 293 Å². The van der Waals surface area contributed by atoms with Gasteiger partial charge in [0.25, 0.3) is 5.91 Å². The molecule has 3 aliphatic heterocycles. The first-order chi connectivity index (χ1) is 24.6. The molecule has 7 rings (SSSR count). The molecule has 1 amide bonds. The largest absolute Gasteiger partial charge is 0.454 e. The fourth-order valence-electron chi connectivity index (χ4n) is 7.34. The molecule has 2 aromatic carbocycles. The summed E-state index contributed by atoms with van der Waals surface area (Å²) in [7, 11) is 0. The summed E-state index contributed by atoms with van der Waals surface area (Å²) in [5.74, 6) is -2.37. The minimum absolute atomic E-state index is 0.0825. The molecule has 0 radical (unpaired) electrons. The molecular formula is C37H40F2N8O4. The lowest BCUT2D eigenvalue weighted by Crippen LogP contribution is -2.59. The molecule has 3 fully saturated rings. The van der Waals surface area contributed by atoms with Crippen LogP contribution in [0.2, 0.25) is 0 Å². The fourth-order valence-corrected chi connectivity index (χ4v) is 7.34. The van der Waals surface area contributed by atoms with Gasteiger partial charge in [0.05, 0.1) is 36.5 Å². The number of amides is 1. The van der Waals surface area contributed by atoms with Crippen molar-refractivity contribution in [2.24, 2.45) is 0 Å². The lowest BCUT2D eigenvalue weighted by atomic mass is 9.96. The van der Waals surface area contributed by atoms with Gasteiger partial charge in [-0.3, -0.25) is 23.7 Å². The number of pyridine rings is 1. The third-order valence-corrected chi connectivity index (χ3v) is 10.2. The number of fused-ring (bicyclic) bond motifs is 1. The molecule has 14 heteroatoms. The standard InChI is InChI=1S/C37H40F2N8O4/c1-37(2,45-17-15-43(16-18-45)27-22-50-23-27)19-24(20-40)35(48)44-14-4-5-26(21-44)46-30-12-13-42-34(41)33(30)47(36(46)49)25-8-10-28(11-9-25)51-31-7-3-6-29(38)32(31)39/h3,6-13,19,26-27H,4-5,14-18,21-23H2,1-2H3,(H2,41,42)/t26-/m1/s1. The molecule has 1 atom stereocenters. The van der Waals surface area contributed by atoms with Crippen LogP contribution < -0.4 is 16.2 Å². The number of nitriles is 1. The summed E-state index contributed by atoms with van der Waals surface area (Å²) < 4.78 is 41.9. The molecule has 0 unspecified atom stereocenters. The molecular weight excluding hydrogens is 658 g/mol. The third-order valence-electron chi connectivity index (χ3n) is 10.2. The van der Waals surface area contributed by atoms with Crippen molar-refractivity contribution in [2.45, 2.75) is 44.3 Å². The highest BCUT2D eigenvalue weighted by molar-refractivity contribution is 5.97. The van der Waals surface area contributed by atoms with Crippen LogP contribution in [0.5, 0.6) is 11.5 Å². The van der Waals surface area contributed by atoms with E-state index < -0.39 is 23.2 Å². The second kappa shape index (κ2) is 13.9. The van der Waals surface area contributed by atoms with Gasteiger partial charge in [-0.1, -0.05) is 6.07 Å². The van der Waals surface area contributed by atoms with Gasteiger partial charge in [0, 0.05) is 51.0 Å². The first kappa shape index (κ1) is 34.4. The highest BCUT2D eigenvalue weighted by Crippen LogP contribution is 2.31. The molecule has 12 nitrogen and oxygen atoms in total. The van der Waals surface area contributed by atoms with Crippen molar-refractivity contribution in [3.05, 3.63) is 88.5 Å². The van der Waals surface area contributed by atoms with Crippen molar-refractivity contribution in [3.8, 4) is 23.3 Å². The van der Waals surface area contributed by atoms with Gasteiger partial charge in [-0.05, 0) is 75.2 Å². The summed E-state index contributed by atoms with van der Waals surface area (Å²) in [5.41, 5.74) is 6.95. The van der Waals surface area contributed by atoms with Crippen molar-refractivity contribution < 1.29 is 23.0 Å². The molecule has 266 valence electrons. The summed E-state index contributed by atoms with van der Waals surface area (Å²) in [6.07, 6.45) is 4.58. The lowest BCUT2D eigenvalue weighted by Gasteiger charge is -2.46. The van der Waals surface area contributed by atoms with Crippen LogP contribution in [0.1, 0.15) is 32.7 Å². The van der Waals surface area contributed by atoms with Crippen LogP contribution >= 0.6 is 0 Å². The molecule has 4 aromatic rings. The van der Waals surface area contributed by atoms with Crippen LogP contribution in [0.15, 0.2) is 71.2 Å². The van der Waals surface area contributed by atoms with Gasteiger partial charge in [-0.25, -0.2) is 14.2 Å². The maximum atomic E-state index is 14.3. The maximum Gasteiger partial charge on any atom is 0.334 e. The van der Waals surface area contributed by atoms with Crippen LogP contribution in [0, 0.1) is 23.0 Å². The number of benzene rings is 2. The minimum Gasteiger partial charge on any atom is -0.454 e. The van der Waals surface area contributed by atoms with E-state index in [0.29, 0.717) is 42.1 Å². The molecule has 5 heterocycles. The summed E-state index contributed by atoms with van der Waals surface area (Å²) in [6.45, 7) is 9.76. The Kier molecular flexibility index (Phi) is 9.36. The van der Waals surface area contributed by atoms with Crippen molar-refractivity contribution in [1.29, 1.82) is 5.26 Å². The predicted molar refractivity (Wildman–Crippen MR) is 187 cm³/mol. The van der Waals surface area contributed by atoms with E-state index in [9.17, 15) is 23.6 Å². The summed E-state index contributed by atoms with van der Waals surface area (Å²) >= 11 is 0.